The molecule has 6 aromatic rings. The van der Waals surface area contributed by atoms with E-state index >= 15 is 8.78 Å². The number of halogens is 7. The zero-order valence-corrected chi connectivity index (χ0v) is 31.9. The average Bonchev–Trinajstić information content (AvgIpc) is 3.33. The lowest BCUT2D eigenvalue weighted by molar-refractivity contribution is -0.123. The van der Waals surface area contributed by atoms with Crippen LogP contribution in [-0.4, -0.2) is 60.2 Å². The lowest BCUT2D eigenvalue weighted by atomic mass is 9.94. The lowest BCUT2D eigenvalue weighted by Gasteiger charge is -2.23. The number of nitrogens with one attached hydrogen (secondary N) is 3. The van der Waals surface area contributed by atoms with Gasteiger partial charge in [-0.15, -0.1) is 0 Å². The van der Waals surface area contributed by atoms with Crippen LogP contribution in [0.2, 0.25) is 5.02 Å². The van der Waals surface area contributed by atoms with E-state index < -0.39 is 81.3 Å². The number of carbonyl (C=O) groups excluding carboxylic acids is 1. The number of aromatic nitrogens is 7. The van der Waals surface area contributed by atoms with Gasteiger partial charge >= 0.3 is 0 Å². The molecule has 0 bridgehead atoms. The molecule has 8 rings (SSSR count). The summed E-state index contributed by atoms with van der Waals surface area (Å²) in [5, 5.41) is 21.9. The van der Waals surface area contributed by atoms with Crippen molar-refractivity contribution in [1.82, 2.24) is 39.8 Å². The van der Waals surface area contributed by atoms with Crippen molar-refractivity contribution < 1.29 is 44.7 Å². The molecule has 2 aliphatic rings. The molecule has 0 aliphatic heterocycles. The first-order valence-electron chi connectivity index (χ1n) is 17.4. The van der Waals surface area contributed by atoms with E-state index in [1.807, 2.05) is 0 Å². The van der Waals surface area contributed by atoms with Crippen LogP contribution >= 0.6 is 11.6 Å². The lowest BCUT2D eigenvalue weighted by Crippen LogP contribution is -2.35. The summed E-state index contributed by atoms with van der Waals surface area (Å²) in [5.74, 6) is -8.34. The molecule has 1 saturated carbocycles. The SMILES string of the molecule is Cn1nc(NS(C)(=O)=O)c2c(Cl)ccc(-c3cc4[nH]c(C(C)(C)O)nc4nc3[C@H](Cc3cc(F)cc(F)c3)NC(=O)Cn3nc(C(F)F)c4c3C(F)(F)C3C[C@H]43)c21. The van der Waals surface area contributed by atoms with Gasteiger partial charge in [0.05, 0.1) is 39.4 Å². The highest BCUT2D eigenvalue weighted by Crippen LogP contribution is 2.68. The summed E-state index contributed by atoms with van der Waals surface area (Å²) in [6.07, 6.45) is -2.58. The Balaban J connectivity index is 1.31. The van der Waals surface area contributed by atoms with Crippen LogP contribution in [0.4, 0.5) is 32.2 Å². The number of fused-ring (bicyclic) bond motifs is 5. The molecule has 0 radical (unpaired) electrons. The highest BCUT2D eigenvalue weighted by Gasteiger charge is 2.67. The van der Waals surface area contributed by atoms with E-state index in [9.17, 15) is 35.9 Å². The van der Waals surface area contributed by atoms with Gasteiger partial charge in [-0.25, -0.2) is 35.9 Å². The molecular weight excluding hydrogens is 804 g/mol. The maximum Gasteiger partial charge on any atom is 0.293 e. The summed E-state index contributed by atoms with van der Waals surface area (Å²) >= 11 is 6.61. The van der Waals surface area contributed by atoms with Gasteiger partial charge in [0, 0.05) is 35.7 Å². The Kier molecular flexibility index (Phi) is 8.93. The molecule has 0 saturated heterocycles. The largest absolute Gasteiger partial charge is 0.383 e. The number of carbonyl (C=O) groups is 1. The number of imidazole rings is 1. The van der Waals surface area contributed by atoms with Gasteiger partial charge in [-0.2, -0.15) is 19.0 Å². The van der Waals surface area contributed by atoms with Crippen LogP contribution in [0.25, 0.3) is 33.2 Å². The Morgan fingerprint density at radius 2 is 1.79 bits per heavy atom. The Bertz CT molecular complexity index is 2740. The van der Waals surface area contributed by atoms with Crippen LogP contribution in [0.3, 0.4) is 0 Å². The third-order valence-corrected chi connectivity index (χ3v) is 11.0. The Morgan fingerprint density at radius 3 is 2.44 bits per heavy atom. The maximum absolute atomic E-state index is 15.4. The monoisotopic (exact) mass is 835 g/mol. The van der Waals surface area contributed by atoms with Gasteiger partial charge in [-0.3, -0.25) is 18.9 Å². The van der Waals surface area contributed by atoms with Gasteiger partial charge in [0.25, 0.3) is 12.3 Å². The molecule has 2 aliphatic carbocycles. The standard InChI is InChI=1S/C36H32ClF6N9O4S/c1-35(2,54)34-45-23-12-18(17-5-6-21(37)26-29(17)51(3)49-33(26)50-57(4,55)56)27(46-32(23)47-34)22(9-14-7-15(38)10-16(39)8-14)44-24(53)13-52-30-25(28(48-52)31(40)41)19-11-20(19)36(30,42)43/h5-8,10,12,19-20,22,31,54H,9,11,13H2,1-4H3,(H,44,53)(H,49,50)(H,45,46,47)/t19-,20?,22-/m0/s1. The van der Waals surface area contributed by atoms with Crippen molar-refractivity contribution >= 4 is 55.4 Å². The second-order valence-electron chi connectivity index (χ2n) is 14.9. The van der Waals surface area contributed by atoms with Gasteiger partial charge < -0.3 is 15.4 Å². The summed E-state index contributed by atoms with van der Waals surface area (Å²) in [6, 6.07) is 5.97. The topological polar surface area (TPSA) is 173 Å². The predicted octanol–water partition coefficient (Wildman–Crippen LogP) is 6.49. The molecule has 57 heavy (non-hydrogen) atoms. The number of amides is 1. The molecule has 4 heterocycles. The highest BCUT2D eigenvalue weighted by atomic mass is 35.5. The second kappa shape index (κ2) is 13.2. The number of benzene rings is 2. The van der Waals surface area contributed by atoms with Crippen LogP contribution in [0, 0.1) is 17.6 Å². The normalized spacial score (nSPS) is 18.0. The number of aromatic amines is 1. The quantitative estimate of drug-likeness (QED) is 0.107. The van der Waals surface area contributed by atoms with Gasteiger partial charge in [-0.1, -0.05) is 17.7 Å². The molecule has 13 nitrogen and oxygen atoms in total. The van der Waals surface area contributed by atoms with Crippen molar-refractivity contribution in [3.05, 3.63) is 87.1 Å². The molecule has 2 aromatic carbocycles. The van der Waals surface area contributed by atoms with Crippen molar-refractivity contribution in [2.45, 2.75) is 63.1 Å². The number of sulfonamides is 1. The van der Waals surface area contributed by atoms with Crippen LogP contribution in [-0.2, 0) is 46.4 Å². The first kappa shape index (κ1) is 38.7. The molecule has 1 amide bonds. The minimum absolute atomic E-state index is 0.0160. The third-order valence-electron chi connectivity index (χ3n) is 10.1. The number of rotatable bonds is 11. The van der Waals surface area contributed by atoms with Gasteiger partial charge in [0.1, 0.15) is 41.0 Å². The third kappa shape index (κ3) is 6.86. The van der Waals surface area contributed by atoms with Crippen molar-refractivity contribution in [3.63, 3.8) is 0 Å². The summed E-state index contributed by atoms with van der Waals surface area (Å²) in [5.41, 5.74) is -2.10. The number of aliphatic hydroxyl groups is 1. The van der Waals surface area contributed by atoms with Crippen LogP contribution < -0.4 is 10.0 Å². The first-order chi connectivity index (χ1) is 26.6. The molecule has 0 spiro atoms. The number of pyridine rings is 1. The average molecular weight is 836 g/mol. The number of anilines is 1. The van der Waals surface area contributed by atoms with Gasteiger partial charge in [-0.05, 0) is 62.4 Å². The minimum Gasteiger partial charge on any atom is -0.383 e. The van der Waals surface area contributed by atoms with Gasteiger partial charge in [0.15, 0.2) is 11.5 Å². The van der Waals surface area contributed by atoms with E-state index in [4.69, 9.17) is 16.6 Å². The Morgan fingerprint density at radius 1 is 1.09 bits per heavy atom. The number of nitrogens with zero attached hydrogens (tertiary/aromatic N) is 6. The van der Waals surface area contributed by atoms with E-state index in [0.717, 1.165) is 18.4 Å². The molecule has 4 N–H and O–H groups in total. The second-order valence-corrected chi connectivity index (χ2v) is 17.0. The fourth-order valence-electron chi connectivity index (χ4n) is 7.70. The van der Waals surface area contributed by atoms with E-state index in [-0.39, 0.29) is 68.4 Å². The molecule has 3 atom stereocenters. The minimum atomic E-state index is -3.85. The van der Waals surface area contributed by atoms with Crippen molar-refractivity contribution in [2.75, 3.05) is 11.0 Å². The van der Waals surface area contributed by atoms with Crippen LogP contribution in [0.15, 0.2) is 36.4 Å². The number of aryl methyl sites for hydroxylation is 1. The Hall–Kier alpha value is -5.21. The highest BCUT2D eigenvalue weighted by molar-refractivity contribution is 7.92. The van der Waals surface area contributed by atoms with Crippen molar-refractivity contribution in [2.24, 2.45) is 13.0 Å². The predicted molar refractivity (Wildman–Crippen MR) is 195 cm³/mol. The molecule has 1 unspecified atom stereocenters. The van der Waals surface area contributed by atoms with E-state index in [2.05, 4.69) is 30.2 Å². The number of alkyl halides is 4. The fraction of sp³-hybridized carbons (Fsp3) is 0.361. The van der Waals surface area contributed by atoms with E-state index in [1.165, 1.54) is 31.6 Å². The smallest absolute Gasteiger partial charge is 0.293 e. The number of hydrogen-bond acceptors (Lipinski definition) is 8. The van der Waals surface area contributed by atoms with E-state index in [0.29, 0.717) is 21.8 Å². The van der Waals surface area contributed by atoms with Crippen molar-refractivity contribution in [3.8, 4) is 11.1 Å². The number of hydrogen-bond donors (Lipinski definition) is 4. The van der Waals surface area contributed by atoms with E-state index in [1.54, 1.807) is 12.1 Å². The van der Waals surface area contributed by atoms with Crippen LogP contribution in [0.1, 0.15) is 72.7 Å². The molecular formula is C36H32ClF6N9O4S. The molecule has 4 aromatic heterocycles. The van der Waals surface area contributed by atoms with Crippen molar-refractivity contribution in [1.29, 1.82) is 0 Å². The Labute approximate surface area is 324 Å². The maximum atomic E-state index is 15.4. The van der Waals surface area contributed by atoms with Crippen LogP contribution in [0.5, 0.6) is 0 Å². The summed E-state index contributed by atoms with van der Waals surface area (Å²) in [6.45, 7) is 2.02. The van der Waals surface area contributed by atoms with Gasteiger partial charge in [0.2, 0.25) is 15.9 Å². The summed E-state index contributed by atoms with van der Waals surface area (Å²) in [7, 11) is -2.32. The zero-order valence-electron chi connectivity index (χ0n) is 30.3. The molecule has 21 heteroatoms. The summed E-state index contributed by atoms with van der Waals surface area (Å²) < 4.78 is 117. The summed E-state index contributed by atoms with van der Waals surface area (Å²) in [4.78, 5) is 26.2. The zero-order chi connectivity index (χ0) is 41.1. The molecule has 1 fully saturated rings. The fourth-order valence-corrected chi connectivity index (χ4v) is 8.44. The first-order valence-corrected chi connectivity index (χ1v) is 19.7. The number of H-pyrrole nitrogens is 1. The molecule has 300 valence electrons.